The van der Waals surface area contributed by atoms with Crippen molar-refractivity contribution in [2.24, 2.45) is 7.05 Å². The number of fused-ring (bicyclic) bond motifs is 1. The summed E-state index contributed by atoms with van der Waals surface area (Å²) in [5.41, 5.74) is 1.76. The SMILES string of the molecule is Cn1c(COc2cccc(Cl)c2)cc2c(F)cccc21. The Labute approximate surface area is 121 Å². The number of halogens is 2. The minimum atomic E-state index is -0.216. The van der Waals surface area contributed by atoms with E-state index in [1.807, 2.05) is 35.9 Å². The monoisotopic (exact) mass is 289 g/mol. The van der Waals surface area contributed by atoms with Crippen LogP contribution in [0.15, 0.2) is 48.5 Å². The zero-order valence-electron chi connectivity index (χ0n) is 10.9. The number of hydrogen-bond donors (Lipinski definition) is 0. The standard InChI is InChI=1S/C16H13ClFNO/c1-19-12(9-14-15(18)6-3-7-16(14)19)10-20-13-5-2-4-11(17)8-13/h2-9H,10H2,1H3. The van der Waals surface area contributed by atoms with Gasteiger partial charge in [0.05, 0.1) is 11.2 Å². The molecule has 0 aliphatic heterocycles. The molecule has 0 saturated carbocycles. The van der Waals surface area contributed by atoms with Crippen molar-refractivity contribution in [1.82, 2.24) is 4.57 Å². The molecule has 0 radical (unpaired) electrons. The van der Waals surface area contributed by atoms with Gasteiger partial charge in [0.1, 0.15) is 18.2 Å². The Morgan fingerprint density at radius 3 is 2.70 bits per heavy atom. The lowest BCUT2D eigenvalue weighted by Crippen LogP contribution is -2.01. The van der Waals surface area contributed by atoms with Crippen LogP contribution < -0.4 is 4.74 Å². The molecule has 0 saturated heterocycles. The van der Waals surface area contributed by atoms with E-state index < -0.39 is 0 Å². The first-order valence-electron chi connectivity index (χ1n) is 6.26. The predicted molar refractivity (Wildman–Crippen MR) is 78.7 cm³/mol. The molecule has 1 aromatic heterocycles. The van der Waals surface area contributed by atoms with E-state index in [1.54, 1.807) is 18.2 Å². The molecule has 0 bridgehead atoms. The Balaban J connectivity index is 1.88. The van der Waals surface area contributed by atoms with Crippen molar-refractivity contribution >= 4 is 22.5 Å². The molecule has 0 atom stereocenters. The van der Waals surface area contributed by atoms with Gasteiger partial charge >= 0.3 is 0 Å². The summed E-state index contributed by atoms with van der Waals surface area (Å²) in [5, 5.41) is 1.24. The molecule has 0 aliphatic rings. The fraction of sp³-hybridized carbons (Fsp3) is 0.125. The molecule has 0 spiro atoms. The highest BCUT2D eigenvalue weighted by molar-refractivity contribution is 6.30. The lowest BCUT2D eigenvalue weighted by atomic mass is 10.2. The summed E-state index contributed by atoms with van der Waals surface area (Å²) in [6, 6.07) is 14.1. The first-order valence-corrected chi connectivity index (χ1v) is 6.64. The fourth-order valence-electron chi connectivity index (χ4n) is 2.23. The van der Waals surface area contributed by atoms with Gasteiger partial charge in [0, 0.05) is 17.5 Å². The van der Waals surface area contributed by atoms with Gasteiger partial charge in [-0.15, -0.1) is 0 Å². The van der Waals surface area contributed by atoms with Crippen molar-refractivity contribution < 1.29 is 9.13 Å². The molecular weight excluding hydrogens is 277 g/mol. The third kappa shape index (κ3) is 2.37. The van der Waals surface area contributed by atoms with Crippen LogP contribution in [0.4, 0.5) is 4.39 Å². The number of rotatable bonds is 3. The van der Waals surface area contributed by atoms with Crippen LogP contribution in [0.5, 0.6) is 5.75 Å². The zero-order valence-corrected chi connectivity index (χ0v) is 11.7. The van der Waals surface area contributed by atoms with Gasteiger partial charge < -0.3 is 9.30 Å². The van der Waals surface area contributed by atoms with E-state index in [-0.39, 0.29) is 5.82 Å². The van der Waals surface area contributed by atoms with Crippen molar-refractivity contribution in [2.45, 2.75) is 6.61 Å². The van der Waals surface area contributed by atoms with Gasteiger partial charge in [-0.25, -0.2) is 4.39 Å². The van der Waals surface area contributed by atoms with Crippen LogP contribution >= 0.6 is 11.6 Å². The lowest BCUT2D eigenvalue weighted by Gasteiger charge is -2.07. The van der Waals surface area contributed by atoms with E-state index in [0.717, 1.165) is 11.2 Å². The first kappa shape index (κ1) is 13.0. The molecule has 2 nitrogen and oxygen atoms in total. The van der Waals surface area contributed by atoms with Crippen LogP contribution in [-0.4, -0.2) is 4.57 Å². The topological polar surface area (TPSA) is 14.2 Å². The summed E-state index contributed by atoms with van der Waals surface area (Å²) in [6.45, 7) is 0.366. The summed E-state index contributed by atoms with van der Waals surface area (Å²) in [5.74, 6) is 0.482. The molecule has 20 heavy (non-hydrogen) atoms. The van der Waals surface area contributed by atoms with Crippen molar-refractivity contribution in [1.29, 1.82) is 0 Å². The molecule has 0 fully saturated rings. The average molecular weight is 290 g/mol. The highest BCUT2D eigenvalue weighted by Gasteiger charge is 2.09. The molecule has 3 rings (SSSR count). The lowest BCUT2D eigenvalue weighted by molar-refractivity contribution is 0.298. The van der Waals surface area contributed by atoms with Gasteiger partial charge in [-0.3, -0.25) is 0 Å². The maximum atomic E-state index is 13.7. The normalized spacial score (nSPS) is 10.9. The van der Waals surface area contributed by atoms with E-state index in [9.17, 15) is 4.39 Å². The summed E-state index contributed by atoms with van der Waals surface area (Å²) >= 11 is 5.91. The Bertz CT molecular complexity index is 766. The summed E-state index contributed by atoms with van der Waals surface area (Å²) in [7, 11) is 1.90. The van der Waals surface area contributed by atoms with E-state index in [0.29, 0.717) is 22.8 Å². The second-order valence-electron chi connectivity index (χ2n) is 4.61. The minimum absolute atomic E-state index is 0.216. The van der Waals surface area contributed by atoms with Gasteiger partial charge in [-0.1, -0.05) is 23.7 Å². The van der Waals surface area contributed by atoms with Gasteiger partial charge in [0.15, 0.2) is 0 Å². The van der Waals surface area contributed by atoms with Gasteiger partial charge in [0.25, 0.3) is 0 Å². The van der Waals surface area contributed by atoms with Crippen LogP contribution in [0, 0.1) is 5.82 Å². The van der Waals surface area contributed by atoms with Gasteiger partial charge in [-0.05, 0) is 36.4 Å². The highest BCUT2D eigenvalue weighted by atomic mass is 35.5. The smallest absolute Gasteiger partial charge is 0.132 e. The Morgan fingerprint density at radius 1 is 1.15 bits per heavy atom. The van der Waals surface area contributed by atoms with E-state index in [1.165, 1.54) is 6.07 Å². The molecule has 3 aromatic rings. The fourth-order valence-corrected chi connectivity index (χ4v) is 2.41. The molecule has 2 aromatic carbocycles. The molecule has 0 unspecified atom stereocenters. The van der Waals surface area contributed by atoms with E-state index >= 15 is 0 Å². The second-order valence-corrected chi connectivity index (χ2v) is 5.05. The van der Waals surface area contributed by atoms with Crippen LogP contribution in [0.3, 0.4) is 0 Å². The number of benzene rings is 2. The Kier molecular flexibility index (Phi) is 3.36. The maximum Gasteiger partial charge on any atom is 0.132 e. The van der Waals surface area contributed by atoms with Crippen molar-refractivity contribution in [3.8, 4) is 5.75 Å². The maximum absolute atomic E-state index is 13.7. The van der Waals surface area contributed by atoms with Crippen LogP contribution in [0.1, 0.15) is 5.69 Å². The predicted octanol–water partition coefficient (Wildman–Crippen LogP) is 4.55. The molecule has 0 amide bonds. The largest absolute Gasteiger partial charge is 0.487 e. The molecule has 4 heteroatoms. The summed E-state index contributed by atoms with van der Waals surface area (Å²) in [4.78, 5) is 0. The van der Waals surface area contributed by atoms with E-state index in [4.69, 9.17) is 16.3 Å². The molecule has 0 N–H and O–H groups in total. The number of aromatic nitrogens is 1. The molecule has 102 valence electrons. The van der Waals surface area contributed by atoms with Gasteiger partial charge in [0.2, 0.25) is 0 Å². The number of aryl methyl sites for hydroxylation is 1. The summed E-state index contributed by atoms with van der Waals surface area (Å²) in [6.07, 6.45) is 0. The first-order chi connectivity index (χ1) is 9.65. The van der Waals surface area contributed by atoms with Crippen LogP contribution in [0.25, 0.3) is 10.9 Å². The van der Waals surface area contributed by atoms with Crippen molar-refractivity contribution in [2.75, 3.05) is 0 Å². The Hall–Kier alpha value is -2.00. The number of nitrogens with zero attached hydrogens (tertiary/aromatic N) is 1. The number of hydrogen-bond acceptors (Lipinski definition) is 1. The highest BCUT2D eigenvalue weighted by Crippen LogP contribution is 2.23. The number of ether oxygens (including phenoxy) is 1. The Morgan fingerprint density at radius 2 is 1.95 bits per heavy atom. The molecular formula is C16H13ClFNO. The van der Waals surface area contributed by atoms with Crippen LogP contribution in [-0.2, 0) is 13.7 Å². The third-order valence-electron chi connectivity index (χ3n) is 3.32. The van der Waals surface area contributed by atoms with Crippen molar-refractivity contribution in [3.63, 3.8) is 0 Å². The molecule has 0 aliphatic carbocycles. The zero-order chi connectivity index (χ0) is 14.1. The second kappa shape index (κ2) is 5.17. The van der Waals surface area contributed by atoms with Gasteiger partial charge in [-0.2, -0.15) is 0 Å². The summed E-state index contributed by atoms with van der Waals surface area (Å²) < 4.78 is 21.4. The van der Waals surface area contributed by atoms with Crippen molar-refractivity contribution in [3.05, 3.63) is 65.1 Å². The third-order valence-corrected chi connectivity index (χ3v) is 3.55. The average Bonchev–Trinajstić information content (AvgIpc) is 2.75. The van der Waals surface area contributed by atoms with Crippen LogP contribution in [0.2, 0.25) is 5.02 Å². The van der Waals surface area contributed by atoms with E-state index in [2.05, 4.69) is 0 Å². The minimum Gasteiger partial charge on any atom is -0.487 e. The molecule has 1 heterocycles. The quantitative estimate of drug-likeness (QED) is 0.690.